The van der Waals surface area contributed by atoms with Crippen LogP contribution in [0.5, 0.6) is 0 Å². The summed E-state index contributed by atoms with van der Waals surface area (Å²) in [6.07, 6.45) is 4.32. The van der Waals surface area contributed by atoms with E-state index < -0.39 is 0 Å². The Balaban J connectivity index is 2.21. The summed E-state index contributed by atoms with van der Waals surface area (Å²) in [6, 6.07) is 5.81. The first kappa shape index (κ1) is 13.4. The zero-order chi connectivity index (χ0) is 13.0. The molecule has 0 radical (unpaired) electrons. The van der Waals surface area contributed by atoms with E-state index in [1.54, 1.807) is 12.3 Å². The van der Waals surface area contributed by atoms with Crippen molar-refractivity contribution in [1.82, 2.24) is 15.3 Å². The smallest absolute Gasteiger partial charge is 0.123 e. The highest BCUT2D eigenvalue weighted by Gasteiger charge is 2.15. The molecule has 0 amide bonds. The van der Waals surface area contributed by atoms with Crippen LogP contribution in [-0.2, 0) is 6.42 Å². The van der Waals surface area contributed by atoms with Gasteiger partial charge in [-0.05, 0) is 24.6 Å². The van der Waals surface area contributed by atoms with E-state index in [0.29, 0.717) is 10.0 Å². The molecule has 1 atom stereocenters. The minimum atomic E-state index is 0.112. The summed E-state index contributed by atoms with van der Waals surface area (Å²) in [6.45, 7) is 2.93. The summed E-state index contributed by atoms with van der Waals surface area (Å²) in [7, 11) is 0. The van der Waals surface area contributed by atoms with Crippen molar-refractivity contribution in [2.75, 3.05) is 6.54 Å². The van der Waals surface area contributed by atoms with Gasteiger partial charge in [-0.25, -0.2) is 4.98 Å². The molecule has 2 rings (SSSR count). The molecule has 2 aromatic rings. The average molecular weight is 284 g/mol. The minimum absolute atomic E-state index is 0.112. The van der Waals surface area contributed by atoms with Gasteiger partial charge in [0, 0.05) is 12.4 Å². The first-order valence-corrected chi connectivity index (χ1v) is 6.63. The van der Waals surface area contributed by atoms with Gasteiger partial charge in [-0.1, -0.05) is 42.3 Å². The Labute approximate surface area is 117 Å². The van der Waals surface area contributed by atoms with Crippen molar-refractivity contribution >= 4 is 23.2 Å². The number of aromatic amines is 1. The van der Waals surface area contributed by atoms with E-state index in [2.05, 4.69) is 22.2 Å². The second-order valence-corrected chi connectivity index (χ2v) is 4.79. The molecular weight excluding hydrogens is 269 g/mol. The normalized spacial score (nSPS) is 12.6. The Morgan fingerprint density at radius 1 is 1.39 bits per heavy atom. The lowest BCUT2D eigenvalue weighted by molar-refractivity contribution is 0.526. The first-order valence-electron chi connectivity index (χ1n) is 5.88. The monoisotopic (exact) mass is 283 g/mol. The maximum absolute atomic E-state index is 6.21. The van der Waals surface area contributed by atoms with E-state index >= 15 is 0 Å². The zero-order valence-corrected chi connectivity index (χ0v) is 11.6. The van der Waals surface area contributed by atoms with E-state index in [1.165, 1.54) is 0 Å². The zero-order valence-electron chi connectivity index (χ0n) is 10.1. The van der Waals surface area contributed by atoms with Crippen LogP contribution in [0.4, 0.5) is 0 Å². The number of benzene rings is 1. The molecule has 96 valence electrons. The number of hydrogen-bond donors (Lipinski definition) is 2. The van der Waals surface area contributed by atoms with Gasteiger partial charge in [-0.15, -0.1) is 0 Å². The van der Waals surface area contributed by atoms with Gasteiger partial charge < -0.3 is 10.3 Å². The number of halogens is 2. The SMILES string of the molecule is CCNC(Cc1cccc(Cl)c1Cl)c1ncc[nH]1. The highest BCUT2D eigenvalue weighted by Crippen LogP contribution is 2.28. The van der Waals surface area contributed by atoms with Gasteiger partial charge in [-0.3, -0.25) is 0 Å². The third-order valence-corrected chi connectivity index (χ3v) is 3.61. The Morgan fingerprint density at radius 3 is 2.89 bits per heavy atom. The number of rotatable bonds is 5. The van der Waals surface area contributed by atoms with Gasteiger partial charge in [0.15, 0.2) is 0 Å². The second-order valence-electron chi connectivity index (χ2n) is 4.00. The Bertz CT molecular complexity index is 497. The fourth-order valence-corrected chi connectivity index (χ4v) is 2.30. The lowest BCUT2D eigenvalue weighted by Crippen LogP contribution is -2.24. The molecule has 1 unspecified atom stereocenters. The summed E-state index contributed by atoms with van der Waals surface area (Å²) in [5.41, 5.74) is 1.02. The number of likely N-dealkylation sites (N-methyl/N-ethyl adjacent to an activating group) is 1. The third kappa shape index (κ3) is 3.05. The average Bonchev–Trinajstić information content (AvgIpc) is 2.88. The molecule has 0 saturated carbocycles. The molecule has 0 aliphatic heterocycles. The fourth-order valence-electron chi connectivity index (χ4n) is 1.91. The molecule has 2 N–H and O–H groups in total. The highest BCUT2D eigenvalue weighted by atomic mass is 35.5. The Kier molecular flexibility index (Phi) is 4.64. The van der Waals surface area contributed by atoms with Crippen LogP contribution >= 0.6 is 23.2 Å². The van der Waals surface area contributed by atoms with Crippen molar-refractivity contribution in [3.05, 3.63) is 52.0 Å². The van der Waals surface area contributed by atoms with E-state index in [9.17, 15) is 0 Å². The number of H-pyrrole nitrogens is 1. The van der Waals surface area contributed by atoms with Gasteiger partial charge in [0.25, 0.3) is 0 Å². The summed E-state index contributed by atoms with van der Waals surface area (Å²) in [4.78, 5) is 7.42. The van der Waals surface area contributed by atoms with Crippen LogP contribution < -0.4 is 5.32 Å². The van der Waals surface area contributed by atoms with Crippen LogP contribution in [0.1, 0.15) is 24.4 Å². The highest BCUT2D eigenvalue weighted by molar-refractivity contribution is 6.42. The molecule has 0 fully saturated rings. The quantitative estimate of drug-likeness (QED) is 0.880. The van der Waals surface area contributed by atoms with Crippen LogP contribution in [0, 0.1) is 0 Å². The Morgan fingerprint density at radius 2 is 2.22 bits per heavy atom. The molecule has 0 bridgehead atoms. The van der Waals surface area contributed by atoms with E-state index in [-0.39, 0.29) is 6.04 Å². The van der Waals surface area contributed by atoms with Crippen molar-refractivity contribution in [1.29, 1.82) is 0 Å². The third-order valence-electron chi connectivity index (χ3n) is 2.76. The Hall–Kier alpha value is -1.03. The second kappa shape index (κ2) is 6.23. The molecule has 1 aromatic carbocycles. The molecular formula is C13H15Cl2N3. The summed E-state index contributed by atoms with van der Waals surface area (Å²) < 4.78 is 0. The first-order chi connectivity index (χ1) is 8.72. The number of nitrogens with zero attached hydrogens (tertiary/aromatic N) is 1. The summed E-state index contributed by atoms with van der Waals surface area (Å²) >= 11 is 12.2. The standard InChI is InChI=1S/C13H15Cl2N3/c1-2-16-11(13-17-6-7-18-13)8-9-4-3-5-10(14)12(9)15/h3-7,11,16H,2,8H2,1H3,(H,17,18). The van der Waals surface area contributed by atoms with E-state index in [0.717, 1.165) is 24.4 Å². The van der Waals surface area contributed by atoms with Crippen molar-refractivity contribution in [3.63, 3.8) is 0 Å². The predicted octanol–water partition coefficient (Wildman–Crippen LogP) is 3.61. The van der Waals surface area contributed by atoms with Gasteiger partial charge in [0.2, 0.25) is 0 Å². The van der Waals surface area contributed by atoms with Crippen molar-refractivity contribution in [3.8, 4) is 0 Å². The lowest BCUT2D eigenvalue weighted by atomic mass is 10.1. The molecule has 1 aromatic heterocycles. The predicted molar refractivity (Wildman–Crippen MR) is 75.2 cm³/mol. The largest absolute Gasteiger partial charge is 0.347 e. The topological polar surface area (TPSA) is 40.7 Å². The van der Waals surface area contributed by atoms with Crippen molar-refractivity contribution in [2.45, 2.75) is 19.4 Å². The maximum Gasteiger partial charge on any atom is 0.123 e. The molecule has 0 aliphatic rings. The lowest BCUT2D eigenvalue weighted by Gasteiger charge is -2.16. The van der Waals surface area contributed by atoms with E-state index in [4.69, 9.17) is 23.2 Å². The molecule has 0 saturated heterocycles. The van der Waals surface area contributed by atoms with Crippen LogP contribution in [-0.4, -0.2) is 16.5 Å². The molecule has 0 spiro atoms. The van der Waals surface area contributed by atoms with Gasteiger partial charge in [0.05, 0.1) is 16.1 Å². The minimum Gasteiger partial charge on any atom is -0.347 e. The van der Waals surface area contributed by atoms with Gasteiger partial charge in [-0.2, -0.15) is 0 Å². The molecule has 5 heteroatoms. The number of hydrogen-bond acceptors (Lipinski definition) is 2. The molecule has 18 heavy (non-hydrogen) atoms. The fraction of sp³-hybridized carbons (Fsp3) is 0.308. The van der Waals surface area contributed by atoms with Gasteiger partial charge >= 0.3 is 0 Å². The molecule has 0 aliphatic carbocycles. The maximum atomic E-state index is 6.21. The van der Waals surface area contributed by atoms with Crippen LogP contribution in [0.25, 0.3) is 0 Å². The van der Waals surface area contributed by atoms with Crippen LogP contribution in [0.15, 0.2) is 30.6 Å². The number of imidazole rings is 1. The van der Waals surface area contributed by atoms with E-state index in [1.807, 2.05) is 18.3 Å². The summed E-state index contributed by atoms with van der Waals surface area (Å²) in [5, 5.41) is 4.59. The van der Waals surface area contributed by atoms with Crippen molar-refractivity contribution < 1.29 is 0 Å². The van der Waals surface area contributed by atoms with Crippen LogP contribution in [0.3, 0.4) is 0 Å². The van der Waals surface area contributed by atoms with Crippen molar-refractivity contribution in [2.24, 2.45) is 0 Å². The summed E-state index contributed by atoms with van der Waals surface area (Å²) in [5.74, 6) is 0.910. The number of nitrogens with one attached hydrogen (secondary N) is 2. The van der Waals surface area contributed by atoms with Crippen LogP contribution in [0.2, 0.25) is 10.0 Å². The molecule has 3 nitrogen and oxygen atoms in total. The number of aromatic nitrogens is 2. The van der Waals surface area contributed by atoms with Gasteiger partial charge in [0.1, 0.15) is 5.82 Å². The molecule has 1 heterocycles.